The van der Waals surface area contributed by atoms with Gasteiger partial charge in [0.2, 0.25) is 0 Å². The molecule has 0 heterocycles. The van der Waals surface area contributed by atoms with Crippen LogP contribution < -0.4 is 0 Å². The van der Waals surface area contributed by atoms with Crippen molar-refractivity contribution < 1.29 is 80.2 Å². The van der Waals surface area contributed by atoms with Gasteiger partial charge in [0, 0.05) is 25.7 Å². The molecule has 0 rings (SSSR count). The molecule has 0 fully saturated rings. The summed E-state index contributed by atoms with van der Waals surface area (Å²) in [4.78, 5) is 72.7. The van der Waals surface area contributed by atoms with Crippen LogP contribution in [0.1, 0.15) is 376 Å². The first-order chi connectivity index (χ1) is 45.1. The Morgan fingerprint density at radius 2 is 0.447 bits per heavy atom. The molecule has 19 heteroatoms. The number of phosphoric ester groups is 2. The molecule has 0 radical (unpaired) electrons. The summed E-state index contributed by atoms with van der Waals surface area (Å²) in [6.07, 6.45) is 48.8. The van der Waals surface area contributed by atoms with Crippen LogP contribution in [0.25, 0.3) is 0 Å². The Bertz CT molecular complexity index is 1850. The highest BCUT2D eigenvalue weighted by Gasteiger charge is 2.30. The molecule has 0 aromatic carbocycles. The summed E-state index contributed by atoms with van der Waals surface area (Å²) < 4.78 is 68.4. The topological polar surface area (TPSA) is 237 Å². The van der Waals surface area contributed by atoms with Gasteiger partial charge >= 0.3 is 39.5 Å². The van der Waals surface area contributed by atoms with Crippen molar-refractivity contribution in [1.82, 2.24) is 0 Å². The molecule has 0 aliphatic heterocycles. The van der Waals surface area contributed by atoms with Gasteiger partial charge in [-0.25, -0.2) is 9.13 Å². The van der Waals surface area contributed by atoms with E-state index in [0.717, 1.165) is 114 Å². The van der Waals surface area contributed by atoms with Gasteiger partial charge < -0.3 is 33.8 Å². The Labute approximate surface area is 575 Å². The summed E-state index contributed by atoms with van der Waals surface area (Å²) in [6, 6.07) is 0. The molecular formula is C75H146O17P2. The molecule has 0 aliphatic carbocycles. The molecular weight excluding hydrogens is 1230 g/mol. The van der Waals surface area contributed by atoms with Crippen LogP contribution in [-0.4, -0.2) is 96.7 Å². The molecule has 0 saturated carbocycles. The third-order valence-electron chi connectivity index (χ3n) is 17.3. The van der Waals surface area contributed by atoms with Crippen molar-refractivity contribution in [2.75, 3.05) is 39.6 Å². The molecule has 5 atom stereocenters. The summed E-state index contributed by atoms with van der Waals surface area (Å²) in [5.41, 5.74) is 0. The van der Waals surface area contributed by atoms with Crippen molar-refractivity contribution >= 4 is 39.5 Å². The number of hydrogen-bond donors (Lipinski definition) is 3. The molecule has 94 heavy (non-hydrogen) atoms. The largest absolute Gasteiger partial charge is 0.472 e. The van der Waals surface area contributed by atoms with Crippen LogP contribution in [0.3, 0.4) is 0 Å². The fourth-order valence-electron chi connectivity index (χ4n) is 11.4. The number of esters is 4. The van der Waals surface area contributed by atoms with Crippen molar-refractivity contribution in [3.05, 3.63) is 0 Å². The molecule has 558 valence electrons. The minimum atomic E-state index is -4.96. The zero-order valence-corrected chi connectivity index (χ0v) is 63.4. The average molecular weight is 1380 g/mol. The number of ether oxygens (including phenoxy) is 4. The Balaban J connectivity index is 5.22. The molecule has 3 N–H and O–H groups in total. The van der Waals surface area contributed by atoms with Crippen molar-refractivity contribution in [2.45, 2.75) is 395 Å². The summed E-state index contributed by atoms with van der Waals surface area (Å²) in [6.45, 7) is 14.1. The second-order valence-electron chi connectivity index (χ2n) is 28.9. The number of hydrogen-bond acceptors (Lipinski definition) is 15. The number of unbranched alkanes of at least 4 members (excludes halogenated alkanes) is 38. The second kappa shape index (κ2) is 64.4. The van der Waals surface area contributed by atoms with Gasteiger partial charge in [-0.2, -0.15) is 0 Å². The third-order valence-corrected chi connectivity index (χ3v) is 19.2. The van der Waals surface area contributed by atoms with E-state index in [4.69, 9.17) is 37.0 Å². The van der Waals surface area contributed by atoms with Crippen molar-refractivity contribution in [3.8, 4) is 0 Å². The standard InChI is InChI=1S/C75H146O17P2/c1-65(2)51-43-35-27-21-17-13-11-9-10-12-14-20-24-31-41-49-57-74(79)91-70(61-85-72(77)55-47-39-30-23-19-16-15-18-22-28-36-44-52-66(3)4)63-89-93(81,82)87-59-69(76)60-88-94(83,84)90-64-71(62-86-73(78)56-48-40-34-33-38-46-54-68(7)8)92-75(80)58-50-42-32-26-25-29-37-45-53-67(5)6/h65-71,76H,9-64H2,1-8H3,(H,81,82)(H,83,84)/t69-,70-,71-/m1/s1. The highest BCUT2D eigenvalue weighted by molar-refractivity contribution is 7.47. The smallest absolute Gasteiger partial charge is 0.462 e. The maximum Gasteiger partial charge on any atom is 0.472 e. The van der Waals surface area contributed by atoms with Gasteiger partial charge in [0.05, 0.1) is 26.4 Å². The van der Waals surface area contributed by atoms with E-state index < -0.39 is 97.5 Å². The summed E-state index contributed by atoms with van der Waals surface area (Å²) in [5.74, 6) is 0.863. The fourth-order valence-corrected chi connectivity index (χ4v) is 13.0. The van der Waals surface area contributed by atoms with Crippen LogP contribution in [0.15, 0.2) is 0 Å². The predicted molar refractivity (Wildman–Crippen MR) is 381 cm³/mol. The molecule has 0 spiro atoms. The van der Waals surface area contributed by atoms with Gasteiger partial charge in [-0.3, -0.25) is 37.3 Å². The van der Waals surface area contributed by atoms with Crippen molar-refractivity contribution in [1.29, 1.82) is 0 Å². The van der Waals surface area contributed by atoms with Crippen LogP contribution in [0.2, 0.25) is 0 Å². The molecule has 0 saturated heterocycles. The normalized spacial score (nSPS) is 14.2. The second-order valence-corrected chi connectivity index (χ2v) is 31.9. The first-order valence-corrected chi connectivity index (χ1v) is 41.7. The summed E-state index contributed by atoms with van der Waals surface area (Å²) in [5, 5.41) is 10.6. The highest BCUT2D eigenvalue weighted by Crippen LogP contribution is 2.45. The predicted octanol–water partition coefficient (Wildman–Crippen LogP) is 21.7. The number of aliphatic hydroxyl groups excluding tert-OH is 1. The van der Waals surface area contributed by atoms with E-state index in [2.05, 4.69) is 55.4 Å². The first-order valence-electron chi connectivity index (χ1n) is 38.7. The van der Waals surface area contributed by atoms with Gasteiger partial charge in [-0.15, -0.1) is 0 Å². The number of phosphoric acid groups is 2. The van der Waals surface area contributed by atoms with Crippen LogP contribution in [0.5, 0.6) is 0 Å². The van der Waals surface area contributed by atoms with E-state index in [9.17, 15) is 43.2 Å². The Hall–Kier alpha value is -1.94. The van der Waals surface area contributed by atoms with Gasteiger partial charge in [0.1, 0.15) is 19.3 Å². The lowest BCUT2D eigenvalue weighted by Crippen LogP contribution is -2.30. The molecule has 0 aliphatic rings. The quantitative estimate of drug-likeness (QED) is 0.0222. The van der Waals surface area contributed by atoms with E-state index in [-0.39, 0.29) is 25.7 Å². The van der Waals surface area contributed by atoms with E-state index >= 15 is 0 Å². The lowest BCUT2D eigenvalue weighted by Gasteiger charge is -2.21. The maximum atomic E-state index is 13.1. The van der Waals surface area contributed by atoms with Crippen molar-refractivity contribution in [3.63, 3.8) is 0 Å². The SMILES string of the molecule is CC(C)CCCCCCCCCCCCCCCCCCC(=O)O[C@H](COC(=O)CCCCCCCCCCCCCCC(C)C)COP(=O)(O)OC[C@@H](O)COP(=O)(O)OC[C@@H](COC(=O)CCCCCCCCC(C)C)OC(=O)CCCCCCCCCCC(C)C. The lowest BCUT2D eigenvalue weighted by atomic mass is 10.0. The lowest BCUT2D eigenvalue weighted by molar-refractivity contribution is -0.161. The molecule has 0 bridgehead atoms. The Morgan fingerprint density at radius 3 is 0.660 bits per heavy atom. The van der Waals surface area contributed by atoms with Gasteiger partial charge in [-0.1, -0.05) is 325 Å². The molecule has 0 amide bonds. The fraction of sp³-hybridized carbons (Fsp3) is 0.947. The van der Waals surface area contributed by atoms with E-state index in [1.54, 1.807) is 0 Å². The summed E-state index contributed by atoms with van der Waals surface area (Å²) >= 11 is 0. The Morgan fingerprint density at radius 1 is 0.266 bits per heavy atom. The highest BCUT2D eigenvalue weighted by atomic mass is 31.2. The first kappa shape index (κ1) is 92.1. The monoisotopic (exact) mass is 1380 g/mol. The van der Waals surface area contributed by atoms with Gasteiger partial charge in [0.15, 0.2) is 12.2 Å². The van der Waals surface area contributed by atoms with E-state index in [1.165, 1.54) is 173 Å². The number of carbonyl (C=O) groups is 4. The minimum Gasteiger partial charge on any atom is -0.462 e. The van der Waals surface area contributed by atoms with E-state index in [0.29, 0.717) is 31.6 Å². The zero-order chi connectivity index (χ0) is 69.6. The van der Waals surface area contributed by atoms with Crippen LogP contribution in [-0.2, 0) is 65.4 Å². The van der Waals surface area contributed by atoms with E-state index in [1.807, 2.05) is 0 Å². The molecule has 17 nitrogen and oxygen atoms in total. The summed E-state index contributed by atoms with van der Waals surface area (Å²) in [7, 11) is -9.91. The number of rotatable bonds is 72. The van der Waals surface area contributed by atoms with Crippen LogP contribution in [0.4, 0.5) is 0 Å². The number of carbonyl (C=O) groups excluding carboxylic acids is 4. The maximum absolute atomic E-state index is 13.1. The van der Waals surface area contributed by atoms with Crippen molar-refractivity contribution in [2.24, 2.45) is 23.7 Å². The molecule has 0 aromatic rings. The number of aliphatic hydroxyl groups is 1. The van der Waals surface area contributed by atoms with Crippen LogP contribution in [0, 0.1) is 23.7 Å². The minimum absolute atomic E-state index is 0.103. The average Bonchev–Trinajstić information content (AvgIpc) is 1.77. The Kier molecular flexibility index (Phi) is 63.1. The zero-order valence-electron chi connectivity index (χ0n) is 61.6. The van der Waals surface area contributed by atoms with Gasteiger partial charge in [0.25, 0.3) is 0 Å². The molecule has 0 aromatic heterocycles. The van der Waals surface area contributed by atoms with Crippen LogP contribution >= 0.6 is 15.6 Å². The third kappa shape index (κ3) is 68.6. The molecule has 2 unspecified atom stereocenters. The van der Waals surface area contributed by atoms with Gasteiger partial charge in [-0.05, 0) is 49.4 Å².